The van der Waals surface area contributed by atoms with Crippen molar-refractivity contribution >= 4 is 29.1 Å². The second-order valence-electron chi connectivity index (χ2n) is 7.63. The SMILES string of the molecule is Cc1cc(OCn2ccc(C(=O)Nc3cnn(C)c3C(=O)NCc3ccco3)n2)cc(C)c1Cl. The summed E-state index contributed by atoms with van der Waals surface area (Å²) in [6, 6.07) is 8.73. The fourth-order valence-corrected chi connectivity index (χ4v) is 3.44. The van der Waals surface area contributed by atoms with E-state index in [0.717, 1.165) is 11.1 Å². The fraction of sp³-hybridized carbons (Fsp3) is 0.217. The number of hydrogen-bond acceptors (Lipinski definition) is 6. The van der Waals surface area contributed by atoms with E-state index in [4.69, 9.17) is 20.8 Å². The molecule has 2 amide bonds. The van der Waals surface area contributed by atoms with Crippen LogP contribution in [0.25, 0.3) is 0 Å². The number of aromatic nitrogens is 4. The molecular formula is C23H23ClN6O4. The number of anilines is 1. The summed E-state index contributed by atoms with van der Waals surface area (Å²) < 4.78 is 13.9. The van der Waals surface area contributed by atoms with E-state index in [1.165, 1.54) is 21.8 Å². The van der Waals surface area contributed by atoms with Crippen molar-refractivity contribution in [2.45, 2.75) is 27.1 Å². The first-order valence-corrected chi connectivity index (χ1v) is 10.8. The van der Waals surface area contributed by atoms with E-state index >= 15 is 0 Å². The highest BCUT2D eigenvalue weighted by Gasteiger charge is 2.20. The third-order valence-electron chi connectivity index (χ3n) is 5.05. The van der Waals surface area contributed by atoms with Crippen molar-refractivity contribution in [1.29, 1.82) is 0 Å². The highest BCUT2D eigenvalue weighted by atomic mass is 35.5. The molecule has 2 N–H and O–H groups in total. The molecule has 3 aromatic heterocycles. The summed E-state index contributed by atoms with van der Waals surface area (Å²) in [6.07, 6.45) is 4.56. The van der Waals surface area contributed by atoms with E-state index in [2.05, 4.69) is 20.8 Å². The summed E-state index contributed by atoms with van der Waals surface area (Å²) in [4.78, 5) is 25.4. The maximum Gasteiger partial charge on any atom is 0.276 e. The van der Waals surface area contributed by atoms with Crippen molar-refractivity contribution in [3.63, 3.8) is 0 Å². The molecule has 1 aromatic carbocycles. The van der Waals surface area contributed by atoms with Crippen molar-refractivity contribution in [2.24, 2.45) is 7.05 Å². The van der Waals surface area contributed by atoms with Gasteiger partial charge in [0.15, 0.2) is 12.4 Å². The number of rotatable bonds is 8. The molecule has 4 rings (SSSR count). The normalized spacial score (nSPS) is 10.8. The zero-order chi connectivity index (χ0) is 24.2. The van der Waals surface area contributed by atoms with Crippen molar-refractivity contribution in [1.82, 2.24) is 24.9 Å². The van der Waals surface area contributed by atoms with E-state index in [1.807, 2.05) is 26.0 Å². The van der Waals surface area contributed by atoms with Crippen LogP contribution in [0.4, 0.5) is 5.69 Å². The average Bonchev–Trinajstić information content (AvgIpc) is 3.56. The zero-order valence-corrected chi connectivity index (χ0v) is 19.6. The van der Waals surface area contributed by atoms with Crippen LogP contribution < -0.4 is 15.4 Å². The molecule has 0 aliphatic carbocycles. The number of halogens is 1. The van der Waals surface area contributed by atoms with Crippen LogP contribution in [0.15, 0.2) is 53.4 Å². The molecule has 0 aliphatic heterocycles. The number of furan rings is 1. The van der Waals surface area contributed by atoms with Crippen LogP contribution in [0.2, 0.25) is 5.02 Å². The molecule has 0 fully saturated rings. The molecule has 4 aromatic rings. The topological polar surface area (TPSA) is 116 Å². The molecule has 0 spiro atoms. The first-order chi connectivity index (χ1) is 16.3. The standard InChI is InChI=1S/C23H23ClN6O4/c1-14-9-17(10-15(2)20(14)24)34-13-30-7-6-18(28-30)22(31)27-19-12-26-29(3)21(19)23(32)25-11-16-5-4-8-33-16/h4-10,12H,11,13H2,1-3H3,(H,25,32)(H,27,31). The van der Waals surface area contributed by atoms with Crippen molar-refractivity contribution in [2.75, 3.05) is 5.32 Å². The van der Waals surface area contributed by atoms with Gasteiger partial charge in [-0.1, -0.05) is 11.6 Å². The molecule has 0 atom stereocenters. The van der Waals surface area contributed by atoms with Gasteiger partial charge in [-0.2, -0.15) is 10.2 Å². The molecule has 0 bridgehead atoms. The van der Waals surface area contributed by atoms with Crippen molar-refractivity contribution in [3.8, 4) is 5.75 Å². The lowest BCUT2D eigenvalue weighted by Crippen LogP contribution is -2.26. The number of nitrogens with zero attached hydrogens (tertiary/aromatic N) is 4. The largest absolute Gasteiger partial charge is 0.471 e. The average molecular weight is 483 g/mol. The Bertz CT molecular complexity index is 1300. The summed E-state index contributed by atoms with van der Waals surface area (Å²) in [6.45, 7) is 4.13. The number of benzene rings is 1. The summed E-state index contributed by atoms with van der Waals surface area (Å²) in [5.74, 6) is 0.378. The van der Waals surface area contributed by atoms with Crippen LogP contribution in [0, 0.1) is 13.8 Å². The van der Waals surface area contributed by atoms with Gasteiger partial charge in [-0.05, 0) is 55.3 Å². The monoisotopic (exact) mass is 482 g/mol. The molecule has 0 saturated heterocycles. The summed E-state index contributed by atoms with van der Waals surface area (Å²) >= 11 is 6.19. The number of aryl methyl sites for hydroxylation is 3. The number of carbonyl (C=O) groups is 2. The van der Waals surface area contributed by atoms with E-state index < -0.39 is 11.8 Å². The molecule has 0 aliphatic rings. The van der Waals surface area contributed by atoms with E-state index in [0.29, 0.717) is 16.5 Å². The third-order valence-corrected chi connectivity index (χ3v) is 5.65. The first-order valence-electron chi connectivity index (χ1n) is 10.4. The van der Waals surface area contributed by atoms with Crippen LogP contribution in [-0.2, 0) is 20.3 Å². The van der Waals surface area contributed by atoms with Gasteiger partial charge >= 0.3 is 0 Å². The molecule has 0 radical (unpaired) electrons. The Morgan fingerprint density at radius 3 is 2.65 bits per heavy atom. The smallest absolute Gasteiger partial charge is 0.276 e. The van der Waals surface area contributed by atoms with E-state index in [1.54, 1.807) is 31.4 Å². The Kier molecular flexibility index (Phi) is 6.69. The maximum absolute atomic E-state index is 12.7. The summed E-state index contributed by atoms with van der Waals surface area (Å²) in [5, 5.41) is 14.5. The Morgan fingerprint density at radius 2 is 1.94 bits per heavy atom. The van der Waals surface area contributed by atoms with Gasteiger partial charge in [-0.25, -0.2) is 4.68 Å². The summed E-state index contributed by atoms with van der Waals surface area (Å²) in [5.41, 5.74) is 2.46. The Morgan fingerprint density at radius 1 is 1.18 bits per heavy atom. The minimum absolute atomic E-state index is 0.112. The van der Waals surface area contributed by atoms with Crippen LogP contribution in [0.1, 0.15) is 37.9 Å². The van der Waals surface area contributed by atoms with Gasteiger partial charge in [-0.3, -0.25) is 14.3 Å². The summed E-state index contributed by atoms with van der Waals surface area (Å²) in [7, 11) is 1.61. The number of carbonyl (C=O) groups excluding carboxylic acids is 2. The Labute approximate surface area is 200 Å². The molecule has 176 valence electrons. The van der Waals surface area contributed by atoms with Crippen LogP contribution in [0.5, 0.6) is 5.75 Å². The molecule has 10 nitrogen and oxygen atoms in total. The van der Waals surface area contributed by atoms with Gasteiger partial charge in [0.2, 0.25) is 0 Å². The minimum atomic E-state index is -0.481. The molecule has 0 saturated carbocycles. The fourth-order valence-electron chi connectivity index (χ4n) is 3.33. The second kappa shape index (κ2) is 9.84. The van der Waals surface area contributed by atoms with Gasteiger partial charge < -0.3 is 19.8 Å². The zero-order valence-electron chi connectivity index (χ0n) is 18.8. The molecule has 34 heavy (non-hydrogen) atoms. The van der Waals surface area contributed by atoms with Gasteiger partial charge in [0.1, 0.15) is 17.2 Å². The molecular weight excluding hydrogens is 460 g/mol. The van der Waals surface area contributed by atoms with E-state index in [-0.39, 0.29) is 30.4 Å². The first kappa shape index (κ1) is 23.1. The predicted octanol–water partition coefficient (Wildman–Crippen LogP) is 3.70. The quantitative estimate of drug-likeness (QED) is 0.395. The van der Waals surface area contributed by atoms with Gasteiger partial charge in [-0.15, -0.1) is 0 Å². The third kappa shape index (κ3) is 5.12. The van der Waals surface area contributed by atoms with E-state index in [9.17, 15) is 9.59 Å². The Hall–Kier alpha value is -4.05. The molecule has 11 heteroatoms. The van der Waals surface area contributed by atoms with Gasteiger partial charge in [0.05, 0.1) is 24.7 Å². The number of nitrogens with one attached hydrogen (secondary N) is 2. The van der Waals surface area contributed by atoms with Gasteiger partial charge in [0, 0.05) is 18.3 Å². The number of hydrogen-bond donors (Lipinski definition) is 2. The maximum atomic E-state index is 12.7. The lowest BCUT2D eigenvalue weighted by atomic mass is 10.1. The van der Waals surface area contributed by atoms with Crippen LogP contribution >= 0.6 is 11.6 Å². The van der Waals surface area contributed by atoms with Crippen molar-refractivity contribution < 1.29 is 18.7 Å². The second-order valence-corrected chi connectivity index (χ2v) is 8.01. The lowest BCUT2D eigenvalue weighted by molar-refractivity contribution is 0.0939. The number of amides is 2. The molecule has 0 unspecified atom stereocenters. The Balaban J connectivity index is 1.39. The highest BCUT2D eigenvalue weighted by Crippen LogP contribution is 2.26. The number of ether oxygens (including phenoxy) is 1. The van der Waals surface area contributed by atoms with Crippen molar-refractivity contribution in [3.05, 3.63) is 82.3 Å². The minimum Gasteiger partial charge on any atom is -0.471 e. The van der Waals surface area contributed by atoms with Crippen LogP contribution in [0.3, 0.4) is 0 Å². The van der Waals surface area contributed by atoms with Gasteiger partial charge in [0.25, 0.3) is 11.8 Å². The predicted molar refractivity (Wildman–Crippen MR) is 125 cm³/mol. The molecule has 3 heterocycles. The van der Waals surface area contributed by atoms with Crippen LogP contribution in [-0.4, -0.2) is 31.4 Å². The lowest BCUT2D eigenvalue weighted by Gasteiger charge is -2.10. The highest BCUT2D eigenvalue weighted by molar-refractivity contribution is 6.32.